The van der Waals surface area contributed by atoms with Crippen molar-refractivity contribution in [2.75, 3.05) is 19.0 Å². The van der Waals surface area contributed by atoms with Crippen LogP contribution in [-0.2, 0) is 28.6 Å². The highest BCUT2D eigenvalue weighted by atomic mass is 32.2. The summed E-state index contributed by atoms with van der Waals surface area (Å²) in [6.45, 7) is 15.6. The number of thioether (sulfide) groups is 2. The molecule has 338 valence electrons. The molecule has 0 fully saturated rings. The van der Waals surface area contributed by atoms with Crippen LogP contribution in [0, 0.1) is 6.57 Å². The van der Waals surface area contributed by atoms with Gasteiger partial charge in [0.15, 0.2) is 6.10 Å². The molecule has 0 saturated carbocycles. The van der Waals surface area contributed by atoms with Crippen LogP contribution in [0.2, 0.25) is 0 Å². The lowest BCUT2D eigenvalue weighted by atomic mass is 10.0. The molecule has 0 rings (SSSR count). The first-order valence-electron chi connectivity index (χ1n) is 23.9. The van der Waals surface area contributed by atoms with Gasteiger partial charge in [0.1, 0.15) is 16.7 Å². The highest BCUT2D eigenvalue weighted by molar-refractivity contribution is 8.47. The van der Waals surface area contributed by atoms with E-state index in [9.17, 15) is 14.4 Å². The van der Waals surface area contributed by atoms with Crippen molar-refractivity contribution in [2.45, 2.75) is 257 Å². The molecule has 0 aliphatic carbocycles. The summed E-state index contributed by atoms with van der Waals surface area (Å²) in [4.78, 5) is 41.0. The number of carbonyl (C=O) groups excluding carboxylic acids is 3. The summed E-state index contributed by atoms with van der Waals surface area (Å²) in [6, 6.07) is 0. The number of esters is 3. The van der Waals surface area contributed by atoms with Gasteiger partial charge in [-0.1, -0.05) is 213 Å². The van der Waals surface area contributed by atoms with Crippen LogP contribution in [0.3, 0.4) is 0 Å². The predicted molar refractivity (Wildman–Crippen MR) is 253 cm³/mol. The molecule has 10 heteroatoms. The quantitative estimate of drug-likeness (QED) is 0.0196. The van der Waals surface area contributed by atoms with Gasteiger partial charge >= 0.3 is 17.9 Å². The molecule has 0 bridgehead atoms. The Morgan fingerprint density at radius 2 is 0.862 bits per heavy atom. The Morgan fingerprint density at radius 1 is 0.534 bits per heavy atom. The molecule has 0 aliphatic rings. The van der Waals surface area contributed by atoms with Gasteiger partial charge in [-0.2, -0.15) is 0 Å². The van der Waals surface area contributed by atoms with Crippen molar-refractivity contribution in [3.05, 3.63) is 11.4 Å². The van der Waals surface area contributed by atoms with Crippen LogP contribution in [-0.4, -0.2) is 51.4 Å². The molecule has 0 heterocycles. The van der Waals surface area contributed by atoms with Gasteiger partial charge in [-0.3, -0.25) is 19.2 Å². The zero-order valence-corrected chi connectivity index (χ0v) is 40.3. The van der Waals surface area contributed by atoms with Gasteiger partial charge in [0.2, 0.25) is 0 Å². The number of carbonyl (C=O) groups is 3. The van der Waals surface area contributed by atoms with Crippen LogP contribution in [0.5, 0.6) is 0 Å². The highest BCUT2D eigenvalue weighted by Gasteiger charge is 2.34. The smallest absolute Gasteiger partial charge is 0.306 e. The Hall–Kier alpha value is -1.31. The number of rotatable bonds is 42. The van der Waals surface area contributed by atoms with Crippen molar-refractivity contribution < 1.29 is 28.6 Å². The molecule has 7 nitrogen and oxygen atoms in total. The Kier molecular flexibility index (Phi) is 41.4. The van der Waals surface area contributed by atoms with Crippen molar-refractivity contribution in [1.29, 1.82) is 0 Å². The topological polar surface area (TPSA) is 83.3 Å². The summed E-state index contributed by atoms with van der Waals surface area (Å²) in [5.74, 6) is -0.355. The van der Waals surface area contributed by atoms with Gasteiger partial charge in [0, 0.05) is 26.2 Å². The molecule has 1 unspecified atom stereocenters. The Bertz CT molecular complexity index is 1050. The second-order valence-electron chi connectivity index (χ2n) is 16.4. The molecular weight excluding hydrogens is 783 g/mol. The van der Waals surface area contributed by atoms with E-state index in [0.29, 0.717) is 9.95 Å². The van der Waals surface area contributed by atoms with Crippen LogP contribution in [0.25, 0.3) is 4.85 Å². The predicted octanol–water partition coefficient (Wildman–Crippen LogP) is 15.7. The monoisotopic (exact) mass is 870 g/mol. The van der Waals surface area contributed by atoms with Gasteiger partial charge in [-0.15, -0.1) is 11.8 Å². The standard InChI is InChI=1S/C48H87NO6S3/c1-6-9-11-13-15-17-19-21-23-25-27-29-31-33-35-37-44(50)53-41-43(42-54-45(51)39-40-48(4,49-5)58-47(56)57-8-3)55-46(52)38-36-34-32-30-28-26-24-22-20-18-16-14-12-10-7-2/h43H,6-42H2,1-4H3/t43-,48?/m1/s1. The van der Waals surface area contributed by atoms with Gasteiger partial charge in [0.25, 0.3) is 4.87 Å². The third-order valence-corrected chi connectivity index (χ3v) is 13.4. The second kappa shape index (κ2) is 42.4. The SMILES string of the molecule is [C-]#[N+]C(C)(CCC(=O)OC[C@@H](COC(=O)CCCCCCCCCCCCCCCCC)OC(=O)CCCCCCCCCCCCCCCCC)SC(=S)SCC. The van der Waals surface area contributed by atoms with Gasteiger partial charge in [-0.25, -0.2) is 6.57 Å². The molecular formula is C48H87NO6S3. The van der Waals surface area contributed by atoms with E-state index in [-0.39, 0.29) is 44.4 Å². The van der Waals surface area contributed by atoms with E-state index in [0.717, 1.165) is 44.3 Å². The van der Waals surface area contributed by atoms with E-state index in [4.69, 9.17) is 33.0 Å². The van der Waals surface area contributed by atoms with E-state index in [1.54, 1.807) is 6.92 Å². The van der Waals surface area contributed by atoms with Crippen LogP contribution in [0.15, 0.2) is 0 Å². The number of thiocarbonyl (C=S) groups is 1. The van der Waals surface area contributed by atoms with E-state index < -0.39 is 16.9 Å². The molecule has 0 spiro atoms. The van der Waals surface area contributed by atoms with Gasteiger partial charge < -0.3 is 14.2 Å². The molecule has 0 aromatic rings. The molecule has 2 atom stereocenters. The minimum atomic E-state index is -0.868. The minimum absolute atomic E-state index is 0.0318. The third-order valence-electron chi connectivity index (χ3n) is 10.7. The largest absolute Gasteiger partial charge is 0.462 e. The number of unbranched alkanes of at least 4 members (excludes halogenated alkanes) is 28. The molecule has 0 aromatic carbocycles. The first-order valence-corrected chi connectivity index (χ1v) is 26.2. The molecule has 0 aliphatic heterocycles. The molecule has 0 saturated heterocycles. The van der Waals surface area contributed by atoms with Gasteiger partial charge in [-0.05, 0) is 30.4 Å². The van der Waals surface area contributed by atoms with Crippen molar-refractivity contribution >= 4 is 57.2 Å². The first-order chi connectivity index (χ1) is 28.2. The van der Waals surface area contributed by atoms with E-state index in [2.05, 4.69) is 18.7 Å². The maximum atomic E-state index is 12.8. The highest BCUT2D eigenvalue weighted by Crippen LogP contribution is 2.36. The summed E-state index contributed by atoms with van der Waals surface area (Å²) >= 11 is 8.18. The first kappa shape index (κ1) is 56.7. The molecule has 0 amide bonds. The van der Waals surface area contributed by atoms with Crippen LogP contribution >= 0.6 is 35.7 Å². The molecule has 0 N–H and O–H groups in total. The number of hydrogen-bond acceptors (Lipinski definition) is 9. The summed E-state index contributed by atoms with van der Waals surface area (Å²) in [6.07, 6.45) is 37.8. The average molecular weight is 870 g/mol. The Labute approximate surface area is 371 Å². The Balaban J connectivity index is 4.50. The zero-order chi connectivity index (χ0) is 42.8. The maximum absolute atomic E-state index is 12.8. The average Bonchev–Trinajstić information content (AvgIpc) is 3.21. The molecule has 0 radical (unpaired) electrons. The lowest BCUT2D eigenvalue weighted by Crippen LogP contribution is -2.31. The van der Waals surface area contributed by atoms with E-state index in [1.807, 2.05) is 6.92 Å². The number of hydrogen-bond donors (Lipinski definition) is 0. The maximum Gasteiger partial charge on any atom is 0.306 e. The second-order valence-corrected chi connectivity index (χ2v) is 20.4. The van der Waals surface area contributed by atoms with Crippen molar-refractivity contribution in [2.24, 2.45) is 0 Å². The number of ether oxygens (including phenoxy) is 3. The fraction of sp³-hybridized carbons (Fsp3) is 0.896. The lowest BCUT2D eigenvalue weighted by molar-refractivity contribution is -0.167. The van der Waals surface area contributed by atoms with Crippen molar-refractivity contribution in [3.63, 3.8) is 0 Å². The van der Waals surface area contributed by atoms with Crippen LogP contribution < -0.4 is 0 Å². The molecule has 0 aromatic heterocycles. The summed E-state index contributed by atoms with van der Waals surface area (Å²) < 4.78 is 17.4. The van der Waals surface area contributed by atoms with Crippen LogP contribution in [0.4, 0.5) is 0 Å². The van der Waals surface area contributed by atoms with Gasteiger partial charge in [0.05, 0.1) is 6.42 Å². The fourth-order valence-electron chi connectivity index (χ4n) is 6.95. The molecule has 58 heavy (non-hydrogen) atoms. The summed E-state index contributed by atoms with van der Waals surface area (Å²) in [5.41, 5.74) is 0. The van der Waals surface area contributed by atoms with E-state index in [1.165, 1.54) is 178 Å². The van der Waals surface area contributed by atoms with E-state index >= 15 is 0 Å². The van der Waals surface area contributed by atoms with Crippen molar-refractivity contribution in [3.8, 4) is 0 Å². The minimum Gasteiger partial charge on any atom is -0.462 e. The number of nitrogens with zero attached hydrogens (tertiary/aromatic N) is 1. The van der Waals surface area contributed by atoms with Crippen molar-refractivity contribution in [1.82, 2.24) is 0 Å². The fourth-order valence-corrected chi connectivity index (χ4v) is 9.81. The Morgan fingerprint density at radius 3 is 1.21 bits per heavy atom. The third kappa shape index (κ3) is 38.9. The summed E-state index contributed by atoms with van der Waals surface area (Å²) in [7, 11) is 0. The normalized spacial score (nSPS) is 12.7. The van der Waals surface area contributed by atoms with Crippen LogP contribution in [0.1, 0.15) is 246 Å². The lowest BCUT2D eigenvalue weighted by Gasteiger charge is -2.19. The zero-order valence-electron chi connectivity index (χ0n) is 37.9. The summed E-state index contributed by atoms with van der Waals surface area (Å²) in [5, 5.41) is 0.